The number of alkyl halides is 3. The van der Waals surface area contributed by atoms with E-state index in [0.29, 0.717) is 11.5 Å². The predicted molar refractivity (Wildman–Crippen MR) is 78.9 cm³/mol. The maximum Gasteiger partial charge on any atom is 0.458 e. The minimum absolute atomic E-state index is 0.0664. The molecule has 1 saturated carbocycles. The zero-order valence-corrected chi connectivity index (χ0v) is 12.9. The first-order valence-electron chi connectivity index (χ1n) is 7.89. The van der Waals surface area contributed by atoms with Crippen molar-refractivity contribution < 1.29 is 22.0 Å². The fourth-order valence-corrected chi connectivity index (χ4v) is 3.27. The van der Waals surface area contributed by atoms with Crippen LogP contribution in [0.1, 0.15) is 62.5 Å². The van der Waals surface area contributed by atoms with Crippen molar-refractivity contribution in [1.29, 1.82) is 0 Å². The minimum Gasteiger partial charge on any atom is -0.206 e. The van der Waals surface area contributed by atoms with Gasteiger partial charge in [0.15, 0.2) is 0 Å². The second kappa shape index (κ2) is 7.33. The lowest BCUT2D eigenvalue weighted by atomic mass is 9.77. The molecule has 0 atom stereocenters. The third kappa shape index (κ3) is 4.95. The summed E-state index contributed by atoms with van der Waals surface area (Å²) in [7, 11) is 0. The first-order valence-corrected chi connectivity index (χ1v) is 7.89. The molecule has 0 bridgehead atoms. The van der Waals surface area contributed by atoms with E-state index in [1.165, 1.54) is 6.42 Å². The van der Waals surface area contributed by atoms with Gasteiger partial charge in [-0.25, -0.2) is 8.78 Å². The molecule has 0 spiro atoms. The molecule has 0 aliphatic heterocycles. The Morgan fingerprint density at radius 2 is 1.61 bits per heavy atom. The molecule has 0 N–H and O–H groups in total. The van der Waals surface area contributed by atoms with E-state index in [-0.39, 0.29) is 5.92 Å². The number of hydrogen-bond donors (Lipinski definition) is 0. The zero-order valence-electron chi connectivity index (χ0n) is 12.9. The predicted octanol–water partition coefficient (Wildman–Crippen LogP) is 5.95. The average Bonchev–Trinajstić information content (AvgIpc) is 2.46. The Morgan fingerprint density at radius 3 is 2.09 bits per heavy atom. The molecule has 5 heteroatoms. The third-order valence-electron chi connectivity index (χ3n) is 4.41. The van der Waals surface area contributed by atoms with E-state index in [1.54, 1.807) is 5.92 Å². The standard InChI is InChI=1S/C18H19F5/c1-2-3-12-4-6-13(7-5-12)14-10-16(19)15(17(20)11-14)8-9-18(21,22)23/h10-13H,2-7H2,1H3. The van der Waals surface area contributed by atoms with Crippen molar-refractivity contribution in [3.05, 3.63) is 34.9 Å². The summed E-state index contributed by atoms with van der Waals surface area (Å²) < 4.78 is 64.0. The summed E-state index contributed by atoms with van der Waals surface area (Å²) >= 11 is 0. The van der Waals surface area contributed by atoms with E-state index in [2.05, 4.69) is 6.92 Å². The number of hydrogen-bond acceptors (Lipinski definition) is 0. The van der Waals surface area contributed by atoms with Crippen molar-refractivity contribution in [3.8, 4) is 11.8 Å². The van der Waals surface area contributed by atoms with Crippen LogP contribution in [0.5, 0.6) is 0 Å². The molecule has 1 aliphatic carbocycles. The summed E-state index contributed by atoms with van der Waals surface area (Å²) in [5, 5.41) is 0. The van der Waals surface area contributed by atoms with Gasteiger partial charge < -0.3 is 0 Å². The van der Waals surface area contributed by atoms with Crippen LogP contribution in [0.3, 0.4) is 0 Å². The highest BCUT2D eigenvalue weighted by atomic mass is 19.4. The van der Waals surface area contributed by atoms with Crippen molar-refractivity contribution in [2.24, 2.45) is 5.92 Å². The lowest BCUT2D eigenvalue weighted by Gasteiger charge is -2.28. The SMILES string of the molecule is CCCC1CCC(c2cc(F)c(C#CC(F)(F)F)c(F)c2)CC1. The largest absolute Gasteiger partial charge is 0.458 e. The Bertz CT molecular complexity index is 575. The number of benzene rings is 1. The Balaban J connectivity index is 2.15. The molecule has 2 rings (SSSR count). The average molecular weight is 330 g/mol. The number of halogens is 5. The van der Waals surface area contributed by atoms with Crippen LogP contribution >= 0.6 is 0 Å². The smallest absolute Gasteiger partial charge is 0.206 e. The van der Waals surface area contributed by atoms with Crippen LogP contribution in [0.2, 0.25) is 0 Å². The summed E-state index contributed by atoms with van der Waals surface area (Å²) in [4.78, 5) is 0. The van der Waals surface area contributed by atoms with Gasteiger partial charge in [-0.3, -0.25) is 0 Å². The Kier molecular flexibility index (Phi) is 5.67. The van der Waals surface area contributed by atoms with E-state index in [1.807, 2.05) is 0 Å². The number of rotatable bonds is 3. The second-order valence-electron chi connectivity index (χ2n) is 6.11. The van der Waals surface area contributed by atoms with Crippen LogP contribution in [-0.2, 0) is 0 Å². The topological polar surface area (TPSA) is 0 Å². The summed E-state index contributed by atoms with van der Waals surface area (Å²) in [6.45, 7) is 2.14. The van der Waals surface area contributed by atoms with Gasteiger partial charge in [0.2, 0.25) is 0 Å². The van der Waals surface area contributed by atoms with Crippen molar-refractivity contribution >= 4 is 0 Å². The molecule has 0 saturated heterocycles. The molecule has 1 fully saturated rings. The van der Waals surface area contributed by atoms with Crippen LogP contribution in [0.15, 0.2) is 12.1 Å². The first kappa shape index (κ1) is 17.8. The molecule has 0 heterocycles. The first-order chi connectivity index (χ1) is 10.8. The van der Waals surface area contributed by atoms with Crippen LogP contribution in [-0.4, -0.2) is 6.18 Å². The third-order valence-corrected chi connectivity index (χ3v) is 4.41. The second-order valence-corrected chi connectivity index (χ2v) is 6.11. The molecular formula is C18H19F5. The summed E-state index contributed by atoms with van der Waals surface area (Å²) in [5.74, 6) is 1.15. The highest BCUT2D eigenvalue weighted by Crippen LogP contribution is 2.38. The van der Waals surface area contributed by atoms with Crippen molar-refractivity contribution in [2.45, 2.75) is 57.5 Å². The molecule has 1 aromatic carbocycles. The zero-order chi connectivity index (χ0) is 17.0. The van der Waals surface area contributed by atoms with Gasteiger partial charge >= 0.3 is 6.18 Å². The van der Waals surface area contributed by atoms with E-state index in [4.69, 9.17) is 0 Å². The van der Waals surface area contributed by atoms with E-state index >= 15 is 0 Å². The fourth-order valence-electron chi connectivity index (χ4n) is 3.27. The fraction of sp³-hybridized carbons (Fsp3) is 0.556. The van der Waals surface area contributed by atoms with Gasteiger partial charge in [-0.1, -0.05) is 25.7 Å². The molecule has 0 radical (unpaired) electrons. The summed E-state index contributed by atoms with van der Waals surface area (Å²) in [6.07, 6.45) is 1.30. The molecule has 0 unspecified atom stereocenters. The van der Waals surface area contributed by atoms with Crippen LogP contribution < -0.4 is 0 Å². The van der Waals surface area contributed by atoms with Gasteiger partial charge in [0.25, 0.3) is 0 Å². The Hall–Kier alpha value is -1.57. The van der Waals surface area contributed by atoms with Crippen LogP contribution in [0.4, 0.5) is 22.0 Å². The molecule has 0 aromatic heterocycles. The van der Waals surface area contributed by atoms with Gasteiger partial charge in [-0.2, -0.15) is 13.2 Å². The van der Waals surface area contributed by atoms with Crippen molar-refractivity contribution in [1.82, 2.24) is 0 Å². The molecule has 1 aromatic rings. The van der Waals surface area contributed by atoms with E-state index < -0.39 is 23.4 Å². The lowest BCUT2D eigenvalue weighted by Crippen LogP contribution is -2.14. The molecule has 1 aliphatic rings. The van der Waals surface area contributed by atoms with E-state index in [9.17, 15) is 22.0 Å². The minimum atomic E-state index is -4.77. The van der Waals surface area contributed by atoms with Gasteiger partial charge in [0, 0.05) is 5.92 Å². The normalized spacial score (nSPS) is 21.7. The summed E-state index contributed by atoms with van der Waals surface area (Å²) in [6, 6.07) is 2.27. The maximum absolute atomic E-state index is 13.9. The Morgan fingerprint density at radius 1 is 1.04 bits per heavy atom. The van der Waals surface area contributed by atoms with Gasteiger partial charge in [-0.15, -0.1) is 0 Å². The van der Waals surface area contributed by atoms with E-state index in [0.717, 1.165) is 50.2 Å². The van der Waals surface area contributed by atoms with Gasteiger partial charge in [-0.05, 0) is 55.2 Å². The molecule has 126 valence electrons. The van der Waals surface area contributed by atoms with Gasteiger partial charge in [0.1, 0.15) is 11.6 Å². The molecule has 0 amide bonds. The molecular weight excluding hydrogens is 311 g/mol. The highest BCUT2D eigenvalue weighted by Gasteiger charge is 2.25. The van der Waals surface area contributed by atoms with Crippen molar-refractivity contribution in [3.63, 3.8) is 0 Å². The Labute approximate surface area is 133 Å². The molecule has 23 heavy (non-hydrogen) atoms. The lowest BCUT2D eigenvalue weighted by molar-refractivity contribution is -0.0696. The monoisotopic (exact) mass is 330 g/mol. The van der Waals surface area contributed by atoms with Crippen molar-refractivity contribution in [2.75, 3.05) is 0 Å². The van der Waals surface area contributed by atoms with Gasteiger partial charge in [0.05, 0.1) is 5.56 Å². The molecule has 0 nitrogen and oxygen atoms in total. The summed E-state index contributed by atoms with van der Waals surface area (Å²) in [5.41, 5.74) is -0.293. The highest BCUT2D eigenvalue weighted by molar-refractivity contribution is 5.40. The van der Waals surface area contributed by atoms with Crippen LogP contribution in [0, 0.1) is 29.4 Å². The maximum atomic E-state index is 13.9. The quantitative estimate of drug-likeness (QED) is 0.474. The van der Waals surface area contributed by atoms with Crippen LogP contribution in [0.25, 0.3) is 0 Å².